The second-order valence-electron chi connectivity index (χ2n) is 5.74. The van der Waals surface area contributed by atoms with Crippen LogP contribution in [0, 0.1) is 5.82 Å². The van der Waals surface area contributed by atoms with Crippen molar-refractivity contribution < 1.29 is 27.2 Å². The molecule has 0 aliphatic rings. The van der Waals surface area contributed by atoms with Gasteiger partial charge in [0.25, 0.3) is 11.8 Å². The van der Waals surface area contributed by atoms with E-state index in [9.17, 15) is 27.2 Å². The molecule has 0 saturated carbocycles. The topological polar surface area (TPSA) is 93.8 Å². The van der Waals surface area contributed by atoms with Crippen LogP contribution in [-0.4, -0.2) is 31.4 Å². The first-order chi connectivity index (χ1) is 13.6. The number of hydrogen-bond donors (Lipinski definition) is 2. The van der Waals surface area contributed by atoms with E-state index in [-0.39, 0.29) is 11.4 Å². The molecule has 2 N–H and O–H groups in total. The summed E-state index contributed by atoms with van der Waals surface area (Å²) in [4.78, 5) is 24.3. The van der Waals surface area contributed by atoms with E-state index in [1.807, 2.05) is 10.9 Å². The van der Waals surface area contributed by atoms with Crippen molar-refractivity contribution in [3.63, 3.8) is 0 Å². The number of halogens is 5. The molecule has 0 aliphatic carbocycles. The van der Waals surface area contributed by atoms with Gasteiger partial charge >= 0.3 is 6.18 Å². The molecule has 3 rings (SSSR count). The highest BCUT2D eigenvalue weighted by Gasteiger charge is 2.42. The van der Waals surface area contributed by atoms with Crippen molar-refractivity contribution in [2.75, 3.05) is 0 Å². The summed E-state index contributed by atoms with van der Waals surface area (Å²) in [7, 11) is 1.57. The van der Waals surface area contributed by atoms with E-state index in [1.165, 1.54) is 10.6 Å². The highest BCUT2D eigenvalue weighted by atomic mass is 79.9. The van der Waals surface area contributed by atoms with Gasteiger partial charge in [-0.05, 0) is 46.3 Å². The molecule has 13 heteroatoms. The molecular weight excluding hydrogens is 464 g/mol. The number of nitrogens with zero attached hydrogens (tertiary/aromatic N) is 4. The molecular formula is C16H11BrF4N6O2. The van der Waals surface area contributed by atoms with Gasteiger partial charge in [-0.3, -0.25) is 20.4 Å². The van der Waals surface area contributed by atoms with Crippen LogP contribution in [0.2, 0.25) is 0 Å². The average Bonchev–Trinajstić information content (AvgIpc) is 3.23. The number of hydrogen-bond acceptors (Lipinski definition) is 4. The van der Waals surface area contributed by atoms with E-state index in [0.717, 1.165) is 24.3 Å². The van der Waals surface area contributed by atoms with Gasteiger partial charge in [0.2, 0.25) is 0 Å². The number of rotatable bonds is 3. The van der Waals surface area contributed by atoms with E-state index >= 15 is 0 Å². The molecule has 2 heterocycles. The van der Waals surface area contributed by atoms with Crippen LogP contribution < -0.4 is 10.9 Å². The Balaban J connectivity index is 1.86. The fraction of sp³-hybridized carbons (Fsp3) is 0.125. The molecule has 29 heavy (non-hydrogen) atoms. The number of aromatic nitrogens is 4. The van der Waals surface area contributed by atoms with Gasteiger partial charge in [0.15, 0.2) is 11.4 Å². The van der Waals surface area contributed by atoms with Crippen molar-refractivity contribution in [1.82, 2.24) is 30.4 Å². The minimum atomic E-state index is -5.00. The van der Waals surface area contributed by atoms with Crippen molar-refractivity contribution in [2.24, 2.45) is 7.05 Å². The van der Waals surface area contributed by atoms with Crippen molar-refractivity contribution in [3.05, 3.63) is 63.9 Å². The molecule has 0 bridgehead atoms. The number of amides is 2. The Hall–Kier alpha value is -3.22. The summed E-state index contributed by atoms with van der Waals surface area (Å²) < 4.78 is 56.1. The standard InChI is InChI=1S/C16H11BrF4N6O2/c1-26-7-8(17)6-11(26)14(28)23-24-15(29)12-13(16(19,20)21)27(25-22-12)10-4-2-9(18)3-5-10/h2-7H,1H3,(H,23,28)(H,24,29). The summed E-state index contributed by atoms with van der Waals surface area (Å²) in [6.07, 6.45) is -3.43. The van der Waals surface area contributed by atoms with Crippen molar-refractivity contribution in [2.45, 2.75) is 6.18 Å². The molecule has 0 spiro atoms. The van der Waals surface area contributed by atoms with Crippen LogP contribution in [0.1, 0.15) is 26.7 Å². The van der Waals surface area contributed by atoms with Crippen LogP contribution in [0.4, 0.5) is 17.6 Å². The summed E-state index contributed by atoms with van der Waals surface area (Å²) in [5, 5.41) is 6.62. The zero-order valence-corrected chi connectivity index (χ0v) is 16.0. The van der Waals surface area contributed by atoms with Gasteiger partial charge in [-0.15, -0.1) is 5.10 Å². The predicted molar refractivity (Wildman–Crippen MR) is 94.4 cm³/mol. The third kappa shape index (κ3) is 4.29. The first-order valence-corrected chi connectivity index (χ1v) is 8.58. The molecule has 0 unspecified atom stereocenters. The second-order valence-corrected chi connectivity index (χ2v) is 6.65. The third-order valence-electron chi connectivity index (χ3n) is 3.72. The Morgan fingerprint density at radius 1 is 1.10 bits per heavy atom. The monoisotopic (exact) mass is 474 g/mol. The van der Waals surface area contributed by atoms with E-state index in [1.54, 1.807) is 13.2 Å². The number of aryl methyl sites for hydroxylation is 1. The number of nitrogens with one attached hydrogen (secondary N) is 2. The Kier molecular flexibility index (Phi) is 5.42. The van der Waals surface area contributed by atoms with Crippen LogP contribution in [0.15, 0.2) is 41.0 Å². The van der Waals surface area contributed by atoms with E-state index in [2.05, 4.69) is 26.2 Å². The quantitative estimate of drug-likeness (QED) is 0.450. The van der Waals surface area contributed by atoms with Gasteiger partial charge in [-0.1, -0.05) is 5.21 Å². The maximum atomic E-state index is 13.5. The largest absolute Gasteiger partial charge is 0.435 e. The van der Waals surface area contributed by atoms with E-state index in [4.69, 9.17) is 0 Å². The maximum Gasteiger partial charge on any atom is 0.435 e. The van der Waals surface area contributed by atoms with Crippen LogP contribution in [-0.2, 0) is 13.2 Å². The zero-order chi connectivity index (χ0) is 21.3. The lowest BCUT2D eigenvalue weighted by atomic mass is 10.2. The molecule has 0 saturated heterocycles. The number of hydrazine groups is 1. The summed E-state index contributed by atoms with van der Waals surface area (Å²) in [5.74, 6) is -2.74. The summed E-state index contributed by atoms with van der Waals surface area (Å²) in [5.41, 5.74) is 1.35. The minimum Gasteiger partial charge on any atom is -0.345 e. The molecule has 3 aromatic rings. The Bertz CT molecular complexity index is 1070. The van der Waals surface area contributed by atoms with Crippen molar-refractivity contribution >= 4 is 27.7 Å². The van der Waals surface area contributed by atoms with Gasteiger partial charge < -0.3 is 4.57 Å². The Morgan fingerprint density at radius 2 is 1.72 bits per heavy atom. The number of carbonyl (C=O) groups is 2. The Morgan fingerprint density at radius 3 is 2.28 bits per heavy atom. The van der Waals surface area contributed by atoms with Gasteiger partial charge in [0.05, 0.1) is 5.69 Å². The minimum absolute atomic E-state index is 0.142. The van der Waals surface area contributed by atoms with Crippen LogP contribution in [0.25, 0.3) is 5.69 Å². The normalized spacial score (nSPS) is 11.4. The fourth-order valence-corrected chi connectivity index (χ4v) is 2.96. The summed E-state index contributed by atoms with van der Waals surface area (Å²) in [6.45, 7) is 0. The summed E-state index contributed by atoms with van der Waals surface area (Å²) >= 11 is 3.17. The molecule has 2 amide bonds. The van der Waals surface area contributed by atoms with Crippen LogP contribution in [0.3, 0.4) is 0 Å². The number of alkyl halides is 3. The first-order valence-electron chi connectivity index (χ1n) is 7.79. The molecule has 0 radical (unpaired) electrons. The lowest BCUT2D eigenvalue weighted by Crippen LogP contribution is -2.43. The molecule has 0 aliphatic heterocycles. The third-order valence-corrected chi connectivity index (χ3v) is 4.15. The summed E-state index contributed by atoms with van der Waals surface area (Å²) in [6, 6.07) is 5.43. The van der Waals surface area contributed by atoms with Crippen LogP contribution in [0.5, 0.6) is 0 Å². The lowest BCUT2D eigenvalue weighted by molar-refractivity contribution is -0.143. The van der Waals surface area contributed by atoms with E-state index < -0.39 is 35.2 Å². The molecule has 0 fully saturated rings. The zero-order valence-electron chi connectivity index (χ0n) is 14.5. The fourth-order valence-electron chi connectivity index (χ4n) is 2.44. The highest BCUT2D eigenvalue weighted by Crippen LogP contribution is 2.32. The molecule has 8 nitrogen and oxygen atoms in total. The number of benzene rings is 1. The second kappa shape index (κ2) is 7.66. The average molecular weight is 475 g/mol. The molecule has 152 valence electrons. The molecule has 2 aromatic heterocycles. The highest BCUT2D eigenvalue weighted by molar-refractivity contribution is 9.10. The van der Waals surface area contributed by atoms with Gasteiger partial charge in [-0.2, -0.15) is 13.2 Å². The smallest absolute Gasteiger partial charge is 0.345 e. The maximum absolute atomic E-state index is 13.5. The van der Waals surface area contributed by atoms with Crippen molar-refractivity contribution in [1.29, 1.82) is 0 Å². The van der Waals surface area contributed by atoms with E-state index in [0.29, 0.717) is 9.15 Å². The van der Waals surface area contributed by atoms with Gasteiger partial charge in [-0.25, -0.2) is 9.07 Å². The van der Waals surface area contributed by atoms with Crippen LogP contribution >= 0.6 is 15.9 Å². The van der Waals surface area contributed by atoms with Gasteiger partial charge in [0, 0.05) is 17.7 Å². The lowest BCUT2D eigenvalue weighted by Gasteiger charge is -2.11. The number of carbonyl (C=O) groups excluding carboxylic acids is 2. The van der Waals surface area contributed by atoms with Gasteiger partial charge in [0.1, 0.15) is 11.5 Å². The van der Waals surface area contributed by atoms with Crippen molar-refractivity contribution in [3.8, 4) is 5.69 Å². The molecule has 0 atom stereocenters. The SMILES string of the molecule is Cn1cc(Br)cc1C(=O)NNC(=O)c1nnn(-c2ccc(F)cc2)c1C(F)(F)F. The molecule has 1 aromatic carbocycles. The Labute approximate surface area is 168 Å². The predicted octanol–water partition coefficient (Wildman–Crippen LogP) is 2.60. The first kappa shape index (κ1) is 20.5.